The third kappa shape index (κ3) is 14.4. The van der Waals surface area contributed by atoms with Crippen LogP contribution in [0, 0.1) is 0 Å². The average molecular weight is 1010 g/mol. The first-order valence-electron chi connectivity index (χ1n) is 23.5. The molecular weight excluding hydrogens is 949 g/mol. The molecule has 0 aliphatic carbocycles. The second kappa shape index (κ2) is 26.4. The Morgan fingerprint density at radius 1 is 0.479 bits per heavy atom. The maximum atomic E-state index is 14.1. The molecule has 384 valence electrons. The summed E-state index contributed by atoms with van der Waals surface area (Å²) in [4.78, 5) is 81.3. The molecule has 0 aromatic heterocycles. The lowest BCUT2D eigenvalue weighted by Crippen LogP contribution is -2.65. The minimum Gasteiger partial charge on any atom is -0.464 e. The SMILES string of the molecule is CCOC(=O)[C@@H](O[C@H]1[C@H](OC[C@H]2O[C@H](OC)[C@H](OC(=O)c3ccccc3)[C@@H](OC(=O)c3ccccc3)[C@@H]2OC(=O)c2ccccc2)O[C@H](COC(C)=O)[C@@H](OCc2ccccc2)[C@@H]1OC(C)=O)c1ccccc1. The van der Waals surface area contributed by atoms with E-state index in [0.29, 0.717) is 5.56 Å². The van der Waals surface area contributed by atoms with E-state index in [1.54, 1.807) is 91.9 Å². The van der Waals surface area contributed by atoms with E-state index in [1.807, 2.05) is 30.3 Å². The van der Waals surface area contributed by atoms with Crippen LogP contribution in [0.25, 0.3) is 0 Å². The highest BCUT2D eigenvalue weighted by molar-refractivity contribution is 5.91. The molecule has 7 rings (SSSR count). The van der Waals surface area contributed by atoms with Gasteiger partial charge in [0.05, 0.1) is 36.5 Å². The molecule has 18 nitrogen and oxygen atoms in total. The number of hydrogen-bond acceptors (Lipinski definition) is 18. The van der Waals surface area contributed by atoms with E-state index in [-0.39, 0.29) is 29.9 Å². The van der Waals surface area contributed by atoms with Crippen molar-refractivity contribution in [1.82, 2.24) is 0 Å². The van der Waals surface area contributed by atoms with Gasteiger partial charge in [-0.25, -0.2) is 19.2 Å². The van der Waals surface area contributed by atoms with E-state index in [1.165, 1.54) is 57.4 Å². The van der Waals surface area contributed by atoms with Gasteiger partial charge in [0.15, 0.2) is 43.1 Å². The Balaban J connectivity index is 1.31. The topological polar surface area (TPSA) is 213 Å². The summed E-state index contributed by atoms with van der Waals surface area (Å²) in [6.07, 6.45) is -16.4. The second-order valence-corrected chi connectivity index (χ2v) is 16.6. The molecule has 0 radical (unpaired) electrons. The van der Waals surface area contributed by atoms with Gasteiger partial charge in [-0.05, 0) is 54.4 Å². The highest BCUT2D eigenvalue weighted by atomic mass is 16.8. The number of carbonyl (C=O) groups is 6. The minimum atomic E-state index is -1.66. The molecular formula is C55H56O18. The summed E-state index contributed by atoms with van der Waals surface area (Å²) in [7, 11) is 1.27. The van der Waals surface area contributed by atoms with Crippen LogP contribution in [-0.4, -0.2) is 124 Å². The van der Waals surface area contributed by atoms with Crippen LogP contribution >= 0.6 is 0 Å². The molecule has 0 bridgehead atoms. The zero-order valence-corrected chi connectivity index (χ0v) is 40.5. The molecule has 18 heteroatoms. The van der Waals surface area contributed by atoms with Crippen LogP contribution in [0.2, 0.25) is 0 Å². The quantitative estimate of drug-likeness (QED) is 0.0563. The van der Waals surface area contributed by atoms with Crippen LogP contribution in [0.3, 0.4) is 0 Å². The smallest absolute Gasteiger partial charge is 0.339 e. The van der Waals surface area contributed by atoms with E-state index < -0.39 is 117 Å². The molecule has 73 heavy (non-hydrogen) atoms. The van der Waals surface area contributed by atoms with Crippen molar-refractivity contribution in [2.45, 2.75) is 94.9 Å². The zero-order valence-electron chi connectivity index (χ0n) is 40.5. The lowest BCUT2D eigenvalue weighted by atomic mass is 9.96. The Morgan fingerprint density at radius 3 is 1.45 bits per heavy atom. The highest BCUT2D eigenvalue weighted by Gasteiger charge is 2.56. The Hall–Kier alpha value is -7.32. The Bertz CT molecular complexity index is 2570. The Kier molecular flexibility index (Phi) is 19.3. The third-order valence-corrected chi connectivity index (χ3v) is 11.5. The molecule has 5 aromatic rings. The molecule has 2 aliphatic rings. The van der Waals surface area contributed by atoms with Crippen LogP contribution in [0.1, 0.15) is 69.1 Å². The van der Waals surface area contributed by atoms with Gasteiger partial charge in [0.1, 0.15) is 31.0 Å². The van der Waals surface area contributed by atoms with Crippen molar-refractivity contribution >= 4 is 35.8 Å². The van der Waals surface area contributed by atoms with E-state index in [9.17, 15) is 28.8 Å². The summed E-state index contributed by atoms with van der Waals surface area (Å²) in [5.74, 6) is -4.85. The first-order valence-corrected chi connectivity index (χ1v) is 23.5. The van der Waals surface area contributed by atoms with Gasteiger partial charge in [0.2, 0.25) is 0 Å². The van der Waals surface area contributed by atoms with Crippen LogP contribution in [-0.2, 0) is 77.8 Å². The summed E-state index contributed by atoms with van der Waals surface area (Å²) in [6.45, 7) is 2.88. The van der Waals surface area contributed by atoms with Gasteiger partial charge in [-0.3, -0.25) is 9.59 Å². The van der Waals surface area contributed by atoms with E-state index >= 15 is 0 Å². The van der Waals surface area contributed by atoms with E-state index in [2.05, 4.69) is 0 Å². The number of ether oxygens (including phenoxy) is 12. The normalized spacial score (nSPS) is 23.9. The molecule has 11 atom stereocenters. The molecule has 0 spiro atoms. The van der Waals surface area contributed by atoms with Gasteiger partial charge in [-0.15, -0.1) is 0 Å². The molecule has 2 aliphatic heterocycles. The van der Waals surface area contributed by atoms with Crippen molar-refractivity contribution in [2.24, 2.45) is 0 Å². The van der Waals surface area contributed by atoms with Crippen molar-refractivity contribution in [2.75, 3.05) is 26.9 Å². The van der Waals surface area contributed by atoms with Crippen LogP contribution in [0.5, 0.6) is 0 Å². The van der Waals surface area contributed by atoms with Crippen molar-refractivity contribution in [3.63, 3.8) is 0 Å². The van der Waals surface area contributed by atoms with Gasteiger partial charge in [0.25, 0.3) is 0 Å². The zero-order chi connectivity index (χ0) is 51.7. The maximum Gasteiger partial charge on any atom is 0.339 e. The van der Waals surface area contributed by atoms with Gasteiger partial charge >= 0.3 is 35.8 Å². The van der Waals surface area contributed by atoms with Gasteiger partial charge in [0, 0.05) is 21.0 Å². The largest absolute Gasteiger partial charge is 0.464 e. The molecule has 5 aromatic carbocycles. The molecule has 2 heterocycles. The van der Waals surface area contributed by atoms with Crippen molar-refractivity contribution < 1.29 is 85.6 Å². The Morgan fingerprint density at radius 2 is 0.945 bits per heavy atom. The van der Waals surface area contributed by atoms with Crippen LogP contribution < -0.4 is 0 Å². The molecule has 0 unspecified atom stereocenters. The highest BCUT2D eigenvalue weighted by Crippen LogP contribution is 2.36. The van der Waals surface area contributed by atoms with Crippen LogP contribution in [0.4, 0.5) is 0 Å². The number of methoxy groups -OCH3 is 1. The Labute approximate surface area is 421 Å². The number of rotatable bonds is 21. The first-order chi connectivity index (χ1) is 35.4. The molecule has 2 saturated heterocycles. The number of hydrogen-bond donors (Lipinski definition) is 0. The third-order valence-electron chi connectivity index (χ3n) is 11.5. The number of esters is 6. The second-order valence-electron chi connectivity index (χ2n) is 16.6. The summed E-state index contributed by atoms with van der Waals surface area (Å²) < 4.78 is 73.9. The predicted molar refractivity (Wildman–Crippen MR) is 255 cm³/mol. The molecule has 0 saturated carbocycles. The molecule has 0 N–H and O–H groups in total. The lowest BCUT2D eigenvalue weighted by Gasteiger charge is -2.47. The van der Waals surface area contributed by atoms with Gasteiger partial charge in [-0.2, -0.15) is 0 Å². The van der Waals surface area contributed by atoms with Gasteiger partial charge < -0.3 is 56.8 Å². The standard InChI is InChI=1S/C55H56O18/c1-5-63-53(61)43(37-23-13-7-14-24-37)70-49-46(67-35(3)57)44(65-31-36-21-11-6-12-22-36)41(32-64-34(2)56)69-55(49)66-33-42-45(71-50(58)38-25-15-8-16-26-38)47(72-51(59)39-27-17-9-18-28-39)48(54(62-4)68-42)73-52(60)40-29-19-10-20-30-40/h6-30,41-49,54-55H,5,31-33H2,1-4H3/t41-,42-,43+,44-,45-,46+,47+,48-,49-,54+,55-/m1/s1. The number of benzene rings is 5. The fourth-order valence-corrected chi connectivity index (χ4v) is 8.15. The summed E-state index contributed by atoms with van der Waals surface area (Å²) in [5, 5.41) is 0. The predicted octanol–water partition coefficient (Wildman–Crippen LogP) is 6.55. The summed E-state index contributed by atoms with van der Waals surface area (Å²) in [6, 6.07) is 41.4. The monoisotopic (exact) mass is 1000 g/mol. The van der Waals surface area contributed by atoms with E-state index in [4.69, 9.17) is 56.8 Å². The first kappa shape index (κ1) is 53.5. The fourth-order valence-electron chi connectivity index (χ4n) is 8.15. The lowest BCUT2D eigenvalue weighted by molar-refractivity contribution is -0.340. The van der Waals surface area contributed by atoms with Crippen molar-refractivity contribution in [1.29, 1.82) is 0 Å². The van der Waals surface area contributed by atoms with Crippen molar-refractivity contribution in [3.8, 4) is 0 Å². The maximum absolute atomic E-state index is 14.1. The van der Waals surface area contributed by atoms with Crippen molar-refractivity contribution in [3.05, 3.63) is 179 Å². The van der Waals surface area contributed by atoms with Gasteiger partial charge in [-0.1, -0.05) is 115 Å². The molecule has 2 fully saturated rings. The summed E-state index contributed by atoms with van der Waals surface area (Å²) >= 11 is 0. The summed E-state index contributed by atoms with van der Waals surface area (Å²) in [5.41, 5.74) is 1.45. The number of carbonyl (C=O) groups excluding carboxylic acids is 6. The minimum absolute atomic E-state index is 0.0201. The molecule has 0 amide bonds. The van der Waals surface area contributed by atoms with Crippen LogP contribution in [0.15, 0.2) is 152 Å². The van der Waals surface area contributed by atoms with E-state index in [0.717, 1.165) is 5.56 Å². The average Bonchev–Trinajstić information content (AvgIpc) is 3.41. The fraction of sp³-hybridized carbons (Fsp3) is 0.345.